The van der Waals surface area contributed by atoms with Crippen LogP contribution < -0.4 is 15.0 Å². The van der Waals surface area contributed by atoms with Gasteiger partial charge in [0.05, 0.1) is 19.5 Å². The molecule has 0 spiro atoms. The monoisotopic (exact) mass is 302 g/mol. The maximum atomic E-state index is 12.8. The molecule has 0 amide bonds. The molecule has 1 atom stereocenters. The fourth-order valence-corrected chi connectivity index (χ4v) is 2.71. The van der Waals surface area contributed by atoms with Gasteiger partial charge in [0, 0.05) is 30.9 Å². The highest BCUT2D eigenvalue weighted by atomic mass is 19.1. The topological polar surface area (TPSA) is 50.3 Å². The molecule has 2 heterocycles. The van der Waals surface area contributed by atoms with Crippen LogP contribution in [-0.2, 0) is 0 Å². The Hall–Kier alpha value is -2.37. The molecular weight excluding hydrogens is 283 g/mol. The number of benzene rings is 1. The van der Waals surface area contributed by atoms with Crippen molar-refractivity contribution in [3.05, 3.63) is 42.5 Å². The Bertz CT molecular complexity index is 620. The van der Waals surface area contributed by atoms with E-state index in [4.69, 9.17) is 4.74 Å². The minimum atomic E-state index is -0.424. The van der Waals surface area contributed by atoms with Crippen molar-refractivity contribution >= 4 is 11.6 Å². The average molecular weight is 302 g/mol. The van der Waals surface area contributed by atoms with Crippen molar-refractivity contribution in [2.75, 3.05) is 30.4 Å². The number of halogens is 1. The Balaban J connectivity index is 1.67. The summed E-state index contributed by atoms with van der Waals surface area (Å²) in [5.41, 5.74) is 1.14. The number of nitrogens with zero attached hydrogens (tertiary/aromatic N) is 3. The van der Waals surface area contributed by atoms with E-state index in [0.29, 0.717) is 5.95 Å². The minimum Gasteiger partial charge on any atom is -0.497 e. The normalized spacial score (nSPS) is 18.1. The van der Waals surface area contributed by atoms with Gasteiger partial charge in [-0.3, -0.25) is 0 Å². The van der Waals surface area contributed by atoms with E-state index < -0.39 is 5.82 Å². The lowest BCUT2D eigenvalue weighted by Gasteiger charge is -2.34. The zero-order valence-electron chi connectivity index (χ0n) is 12.5. The van der Waals surface area contributed by atoms with Crippen LogP contribution in [-0.4, -0.2) is 36.2 Å². The lowest BCUT2D eigenvalue weighted by atomic mass is 10.0. The van der Waals surface area contributed by atoms with Crippen molar-refractivity contribution in [3.63, 3.8) is 0 Å². The van der Waals surface area contributed by atoms with E-state index in [0.717, 1.165) is 37.4 Å². The van der Waals surface area contributed by atoms with Gasteiger partial charge in [-0.2, -0.15) is 0 Å². The molecule has 1 saturated heterocycles. The van der Waals surface area contributed by atoms with Crippen LogP contribution in [0, 0.1) is 5.82 Å². The van der Waals surface area contributed by atoms with Crippen LogP contribution >= 0.6 is 0 Å². The standard InChI is InChI=1S/C16H19FN4O/c1-22-15-6-2-5-14(8-15)21-7-3-4-13(11-21)20-16-18-9-12(17)10-19-16/h2,5-6,8-10,13H,3-4,7,11H2,1H3,(H,18,19,20)/t13-/m1/s1. The number of methoxy groups -OCH3 is 1. The second kappa shape index (κ2) is 6.60. The molecule has 1 aliphatic rings. The Morgan fingerprint density at radius 3 is 2.91 bits per heavy atom. The van der Waals surface area contributed by atoms with E-state index in [9.17, 15) is 4.39 Å². The Kier molecular flexibility index (Phi) is 4.37. The van der Waals surface area contributed by atoms with Crippen LogP contribution in [0.5, 0.6) is 5.75 Å². The van der Waals surface area contributed by atoms with Crippen LogP contribution in [0.15, 0.2) is 36.7 Å². The van der Waals surface area contributed by atoms with Crippen LogP contribution in [0.4, 0.5) is 16.0 Å². The van der Waals surface area contributed by atoms with Gasteiger partial charge in [0.25, 0.3) is 0 Å². The fourth-order valence-electron chi connectivity index (χ4n) is 2.71. The first-order chi connectivity index (χ1) is 10.7. The van der Waals surface area contributed by atoms with Gasteiger partial charge in [-0.15, -0.1) is 0 Å². The van der Waals surface area contributed by atoms with Crippen molar-refractivity contribution in [2.24, 2.45) is 0 Å². The van der Waals surface area contributed by atoms with Crippen molar-refractivity contribution < 1.29 is 9.13 Å². The SMILES string of the molecule is COc1cccc(N2CCC[C@@H](Nc3ncc(F)cn3)C2)c1. The van der Waals surface area contributed by atoms with E-state index in [1.54, 1.807) is 7.11 Å². The quantitative estimate of drug-likeness (QED) is 0.941. The molecule has 1 aromatic heterocycles. The van der Waals surface area contributed by atoms with E-state index in [2.05, 4.69) is 26.3 Å². The van der Waals surface area contributed by atoms with E-state index in [1.807, 2.05) is 18.2 Å². The molecule has 0 saturated carbocycles. The average Bonchev–Trinajstić information content (AvgIpc) is 2.57. The van der Waals surface area contributed by atoms with Gasteiger partial charge in [-0.25, -0.2) is 14.4 Å². The van der Waals surface area contributed by atoms with Crippen LogP contribution in [0.25, 0.3) is 0 Å². The molecule has 1 aliphatic heterocycles. The van der Waals surface area contributed by atoms with Crippen molar-refractivity contribution in [1.82, 2.24) is 9.97 Å². The van der Waals surface area contributed by atoms with Gasteiger partial charge in [0.1, 0.15) is 5.75 Å². The summed E-state index contributed by atoms with van der Waals surface area (Å²) in [5.74, 6) is 0.903. The molecule has 22 heavy (non-hydrogen) atoms. The number of hydrogen-bond acceptors (Lipinski definition) is 5. The number of piperidine rings is 1. The molecule has 1 aromatic carbocycles. The number of hydrogen-bond donors (Lipinski definition) is 1. The highest BCUT2D eigenvalue weighted by Crippen LogP contribution is 2.24. The maximum absolute atomic E-state index is 12.8. The van der Waals surface area contributed by atoms with Gasteiger partial charge in [-0.05, 0) is 25.0 Å². The van der Waals surface area contributed by atoms with Crippen LogP contribution in [0.3, 0.4) is 0 Å². The molecule has 6 heteroatoms. The Labute approximate surface area is 129 Å². The molecule has 5 nitrogen and oxygen atoms in total. The lowest BCUT2D eigenvalue weighted by molar-refractivity contribution is 0.414. The van der Waals surface area contributed by atoms with Crippen molar-refractivity contribution in [1.29, 1.82) is 0 Å². The molecule has 3 rings (SSSR count). The summed E-state index contributed by atoms with van der Waals surface area (Å²) in [6.45, 7) is 1.86. The largest absolute Gasteiger partial charge is 0.497 e. The molecule has 116 valence electrons. The highest BCUT2D eigenvalue weighted by molar-refractivity contribution is 5.51. The van der Waals surface area contributed by atoms with Crippen molar-refractivity contribution in [3.8, 4) is 5.75 Å². The summed E-state index contributed by atoms with van der Waals surface area (Å²) in [6.07, 6.45) is 4.48. The van der Waals surface area contributed by atoms with Crippen molar-refractivity contribution in [2.45, 2.75) is 18.9 Å². The Morgan fingerprint density at radius 2 is 2.14 bits per heavy atom. The minimum absolute atomic E-state index is 0.241. The molecule has 0 bridgehead atoms. The molecule has 1 N–H and O–H groups in total. The summed E-state index contributed by atoms with van der Waals surface area (Å²) >= 11 is 0. The first-order valence-corrected chi connectivity index (χ1v) is 7.37. The van der Waals surface area contributed by atoms with Gasteiger partial charge >= 0.3 is 0 Å². The molecule has 0 aliphatic carbocycles. The number of aromatic nitrogens is 2. The number of rotatable bonds is 4. The summed E-state index contributed by atoms with van der Waals surface area (Å²) in [5, 5.41) is 3.27. The number of nitrogens with one attached hydrogen (secondary N) is 1. The third kappa shape index (κ3) is 3.44. The second-order valence-corrected chi connectivity index (χ2v) is 5.36. The fraction of sp³-hybridized carbons (Fsp3) is 0.375. The maximum Gasteiger partial charge on any atom is 0.223 e. The van der Waals surface area contributed by atoms with E-state index in [1.165, 1.54) is 12.4 Å². The third-order valence-corrected chi connectivity index (χ3v) is 3.79. The molecule has 2 aromatic rings. The summed E-state index contributed by atoms with van der Waals surface area (Å²) < 4.78 is 18.1. The first kappa shape index (κ1) is 14.6. The number of ether oxygens (including phenoxy) is 1. The zero-order valence-corrected chi connectivity index (χ0v) is 12.5. The molecule has 0 radical (unpaired) electrons. The molecular formula is C16H19FN4O. The summed E-state index contributed by atoms with van der Waals surface area (Å²) in [6, 6.07) is 8.30. The van der Waals surface area contributed by atoms with Gasteiger partial charge in [0.2, 0.25) is 5.95 Å². The summed E-state index contributed by atoms with van der Waals surface area (Å²) in [4.78, 5) is 10.2. The Morgan fingerprint density at radius 1 is 1.32 bits per heavy atom. The third-order valence-electron chi connectivity index (χ3n) is 3.79. The predicted molar refractivity (Wildman–Crippen MR) is 83.8 cm³/mol. The van der Waals surface area contributed by atoms with Gasteiger partial charge < -0.3 is 15.0 Å². The molecule has 1 fully saturated rings. The first-order valence-electron chi connectivity index (χ1n) is 7.37. The van der Waals surface area contributed by atoms with Gasteiger partial charge in [0.15, 0.2) is 5.82 Å². The second-order valence-electron chi connectivity index (χ2n) is 5.36. The highest BCUT2D eigenvalue weighted by Gasteiger charge is 2.21. The zero-order chi connectivity index (χ0) is 15.4. The van der Waals surface area contributed by atoms with Crippen LogP contribution in [0.2, 0.25) is 0 Å². The van der Waals surface area contributed by atoms with E-state index in [-0.39, 0.29) is 6.04 Å². The molecule has 0 unspecified atom stereocenters. The van der Waals surface area contributed by atoms with Gasteiger partial charge in [-0.1, -0.05) is 6.07 Å². The lowest BCUT2D eigenvalue weighted by Crippen LogP contribution is -2.42. The van der Waals surface area contributed by atoms with Crippen LogP contribution in [0.1, 0.15) is 12.8 Å². The van der Waals surface area contributed by atoms with E-state index >= 15 is 0 Å². The summed E-state index contributed by atoms with van der Waals surface area (Å²) in [7, 11) is 1.67. The smallest absolute Gasteiger partial charge is 0.223 e. The number of anilines is 2. The predicted octanol–water partition coefficient (Wildman–Crippen LogP) is 2.71.